The van der Waals surface area contributed by atoms with Crippen LogP contribution in [0.2, 0.25) is 0 Å². The lowest BCUT2D eigenvalue weighted by Crippen LogP contribution is -2.43. The van der Waals surface area contributed by atoms with Crippen molar-refractivity contribution in [3.05, 3.63) is 11.4 Å². The van der Waals surface area contributed by atoms with Gasteiger partial charge in [0.05, 0.1) is 11.4 Å². The topological polar surface area (TPSA) is 86.9 Å². The predicted octanol–water partition coefficient (Wildman–Crippen LogP) is 2.07. The number of nitrogens with zero attached hydrogens (tertiary/aromatic N) is 1. The van der Waals surface area contributed by atoms with E-state index in [-0.39, 0.29) is 4.90 Å². The Bertz CT molecular complexity index is 549. The first-order valence-corrected chi connectivity index (χ1v) is 9.00. The minimum Gasteiger partial charge on any atom is -0.311 e. The van der Waals surface area contributed by atoms with Crippen molar-refractivity contribution in [2.75, 3.05) is 6.54 Å². The van der Waals surface area contributed by atoms with E-state index in [1.807, 2.05) is 20.8 Å². The van der Waals surface area contributed by atoms with Gasteiger partial charge in [-0.3, -0.25) is 5.10 Å². The molecular formula is C14H28N4O2S. The van der Waals surface area contributed by atoms with Gasteiger partial charge < -0.3 is 5.32 Å². The summed E-state index contributed by atoms with van der Waals surface area (Å²) in [6.45, 7) is 10.9. The maximum Gasteiger partial charge on any atom is 0.244 e. The Kier molecular flexibility index (Phi) is 6.37. The van der Waals surface area contributed by atoms with Crippen molar-refractivity contribution in [1.82, 2.24) is 20.2 Å². The summed E-state index contributed by atoms with van der Waals surface area (Å²) in [5.74, 6) is 0. The van der Waals surface area contributed by atoms with Gasteiger partial charge in [0, 0.05) is 12.1 Å². The molecule has 1 aromatic heterocycles. The Morgan fingerprint density at radius 3 is 2.48 bits per heavy atom. The van der Waals surface area contributed by atoms with Crippen LogP contribution in [0.1, 0.15) is 58.3 Å². The molecule has 0 saturated carbocycles. The summed E-state index contributed by atoms with van der Waals surface area (Å²) in [5, 5.41) is 10.1. The standard InChI is InChI=1S/C14H28N4O2S/c1-6-8-14(4,5)18-21(19,20)13-11(3)16-17-12(13)10-15-9-7-2/h15,18H,6-10H2,1-5H3,(H,16,17). The van der Waals surface area contributed by atoms with Gasteiger partial charge in [0.15, 0.2) is 0 Å². The predicted molar refractivity (Wildman–Crippen MR) is 84.6 cm³/mol. The average Bonchev–Trinajstić information content (AvgIpc) is 2.70. The number of aromatic amines is 1. The molecule has 0 aliphatic rings. The van der Waals surface area contributed by atoms with Crippen LogP contribution in [-0.2, 0) is 16.6 Å². The molecule has 7 heteroatoms. The zero-order valence-electron chi connectivity index (χ0n) is 13.7. The number of aromatic nitrogens is 2. The lowest BCUT2D eigenvalue weighted by molar-refractivity contribution is 0.417. The number of sulfonamides is 1. The van der Waals surface area contributed by atoms with E-state index in [4.69, 9.17) is 0 Å². The molecule has 0 unspecified atom stereocenters. The van der Waals surface area contributed by atoms with E-state index in [9.17, 15) is 8.42 Å². The second kappa shape index (κ2) is 7.38. The third kappa shape index (κ3) is 5.09. The fourth-order valence-electron chi connectivity index (χ4n) is 2.42. The third-order valence-corrected chi connectivity index (χ3v) is 5.14. The molecule has 0 radical (unpaired) electrons. The lowest BCUT2D eigenvalue weighted by Gasteiger charge is -2.25. The molecule has 122 valence electrons. The first kappa shape index (κ1) is 18.1. The number of rotatable bonds is 9. The van der Waals surface area contributed by atoms with Crippen molar-refractivity contribution in [3.8, 4) is 0 Å². The molecule has 0 aromatic carbocycles. The highest BCUT2D eigenvalue weighted by Crippen LogP contribution is 2.21. The monoisotopic (exact) mass is 316 g/mol. The van der Waals surface area contributed by atoms with E-state index in [0.29, 0.717) is 17.9 Å². The SMILES string of the molecule is CCCNCc1n[nH]c(C)c1S(=O)(=O)NC(C)(C)CCC. The molecule has 21 heavy (non-hydrogen) atoms. The van der Waals surface area contributed by atoms with E-state index >= 15 is 0 Å². The van der Waals surface area contributed by atoms with Crippen LogP contribution in [0.5, 0.6) is 0 Å². The van der Waals surface area contributed by atoms with E-state index in [1.165, 1.54) is 0 Å². The highest BCUT2D eigenvalue weighted by molar-refractivity contribution is 7.89. The van der Waals surface area contributed by atoms with Crippen molar-refractivity contribution in [2.45, 2.75) is 70.9 Å². The van der Waals surface area contributed by atoms with Gasteiger partial charge in [-0.05, 0) is 40.2 Å². The van der Waals surface area contributed by atoms with Gasteiger partial charge in [0.2, 0.25) is 10.0 Å². The Balaban J connectivity index is 2.99. The smallest absolute Gasteiger partial charge is 0.244 e. The molecular weight excluding hydrogens is 288 g/mol. The summed E-state index contributed by atoms with van der Waals surface area (Å²) >= 11 is 0. The summed E-state index contributed by atoms with van der Waals surface area (Å²) in [6, 6.07) is 0. The molecule has 1 aromatic rings. The van der Waals surface area contributed by atoms with Crippen LogP contribution in [-0.4, -0.2) is 30.7 Å². The molecule has 6 nitrogen and oxygen atoms in total. The molecule has 3 N–H and O–H groups in total. The summed E-state index contributed by atoms with van der Waals surface area (Å²) in [6.07, 6.45) is 2.70. The summed E-state index contributed by atoms with van der Waals surface area (Å²) in [5.41, 5.74) is 0.648. The van der Waals surface area contributed by atoms with Gasteiger partial charge in [-0.2, -0.15) is 5.10 Å². The Hall–Kier alpha value is -0.920. The van der Waals surface area contributed by atoms with Crippen LogP contribution in [0, 0.1) is 6.92 Å². The van der Waals surface area contributed by atoms with Gasteiger partial charge in [0.1, 0.15) is 4.90 Å². The number of nitrogens with one attached hydrogen (secondary N) is 3. The molecule has 0 aliphatic heterocycles. The van der Waals surface area contributed by atoms with Crippen LogP contribution in [0.3, 0.4) is 0 Å². The van der Waals surface area contributed by atoms with E-state index in [0.717, 1.165) is 25.8 Å². The van der Waals surface area contributed by atoms with Crippen LogP contribution < -0.4 is 10.0 Å². The minimum atomic E-state index is -3.58. The fourth-order valence-corrected chi connectivity index (χ4v) is 4.23. The highest BCUT2D eigenvalue weighted by Gasteiger charge is 2.30. The number of aryl methyl sites for hydroxylation is 1. The van der Waals surface area contributed by atoms with Crippen molar-refractivity contribution in [3.63, 3.8) is 0 Å². The molecule has 1 heterocycles. The number of hydrogen-bond donors (Lipinski definition) is 3. The Morgan fingerprint density at radius 1 is 1.24 bits per heavy atom. The van der Waals surface area contributed by atoms with E-state index in [1.54, 1.807) is 6.92 Å². The summed E-state index contributed by atoms with van der Waals surface area (Å²) < 4.78 is 28.1. The maximum absolute atomic E-state index is 12.7. The largest absolute Gasteiger partial charge is 0.311 e. The first-order valence-electron chi connectivity index (χ1n) is 7.52. The van der Waals surface area contributed by atoms with Crippen LogP contribution in [0.4, 0.5) is 0 Å². The van der Waals surface area contributed by atoms with Crippen molar-refractivity contribution >= 4 is 10.0 Å². The van der Waals surface area contributed by atoms with Gasteiger partial charge in [-0.1, -0.05) is 20.3 Å². The van der Waals surface area contributed by atoms with Gasteiger partial charge >= 0.3 is 0 Å². The normalized spacial score (nSPS) is 12.8. The zero-order valence-corrected chi connectivity index (χ0v) is 14.5. The Morgan fingerprint density at radius 2 is 1.90 bits per heavy atom. The summed E-state index contributed by atoms with van der Waals surface area (Å²) in [7, 11) is -3.58. The zero-order chi connectivity index (χ0) is 16.1. The molecule has 0 saturated heterocycles. The van der Waals surface area contributed by atoms with Crippen molar-refractivity contribution in [2.24, 2.45) is 0 Å². The van der Waals surface area contributed by atoms with Gasteiger partial charge in [-0.15, -0.1) is 0 Å². The quantitative estimate of drug-likeness (QED) is 0.609. The second-order valence-corrected chi connectivity index (χ2v) is 7.66. The Labute approximate surface area is 128 Å². The first-order chi connectivity index (χ1) is 9.73. The maximum atomic E-state index is 12.7. The molecule has 0 fully saturated rings. The van der Waals surface area contributed by atoms with Crippen molar-refractivity contribution in [1.29, 1.82) is 0 Å². The number of hydrogen-bond acceptors (Lipinski definition) is 4. The fraction of sp³-hybridized carbons (Fsp3) is 0.786. The van der Waals surface area contributed by atoms with Crippen molar-refractivity contribution < 1.29 is 8.42 Å². The van der Waals surface area contributed by atoms with E-state index in [2.05, 4.69) is 27.2 Å². The van der Waals surface area contributed by atoms with Crippen LogP contribution >= 0.6 is 0 Å². The molecule has 0 aliphatic carbocycles. The van der Waals surface area contributed by atoms with E-state index < -0.39 is 15.6 Å². The number of H-pyrrole nitrogens is 1. The lowest BCUT2D eigenvalue weighted by atomic mass is 10.0. The van der Waals surface area contributed by atoms with Crippen LogP contribution in [0.15, 0.2) is 4.90 Å². The molecule has 0 spiro atoms. The highest BCUT2D eigenvalue weighted by atomic mass is 32.2. The molecule has 0 bridgehead atoms. The summed E-state index contributed by atoms with van der Waals surface area (Å²) in [4.78, 5) is 0.273. The molecule has 1 rings (SSSR count). The van der Waals surface area contributed by atoms with Gasteiger partial charge in [0.25, 0.3) is 0 Å². The third-order valence-electron chi connectivity index (χ3n) is 3.23. The van der Waals surface area contributed by atoms with Gasteiger partial charge in [-0.25, -0.2) is 13.1 Å². The molecule has 0 atom stereocenters. The second-order valence-electron chi connectivity index (χ2n) is 6.04. The minimum absolute atomic E-state index is 0.273. The van der Waals surface area contributed by atoms with Crippen LogP contribution in [0.25, 0.3) is 0 Å². The molecule has 0 amide bonds. The average molecular weight is 316 g/mol.